The van der Waals surface area contributed by atoms with E-state index < -0.39 is 0 Å². The lowest BCUT2D eigenvalue weighted by Gasteiger charge is -2.27. The summed E-state index contributed by atoms with van der Waals surface area (Å²) in [7, 11) is 2.02. The highest BCUT2D eigenvalue weighted by Gasteiger charge is 2.25. The van der Waals surface area contributed by atoms with Gasteiger partial charge in [0.15, 0.2) is 0 Å². The molecule has 0 amide bonds. The maximum Gasteiger partial charge on any atom is 0.0991 e. The largest absolute Gasteiger partial charge is 0.329 e. The molecule has 0 saturated carbocycles. The number of fused-ring (bicyclic) bond motifs is 1. The number of rotatable bonds is 5. The van der Waals surface area contributed by atoms with Crippen LogP contribution in [0.25, 0.3) is 11.3 Å². The maximum absolute atomic E-state index is 9.01. The van der Waals surface area contributed by atoms with Crippen LogP contribution in [-0.4, -0.2) is 30.8 Å². The molecule has 4 aromatic rings. The van der Waals surface area contributed by atoms with Crippen molar-refractivity contribution in [2.45, 2.75) is 26.1 Å². The summed E-state index contributed by atoms with van der Waals surface area (Å²) in [5, 5.41) is 14.5. The van der Waals surface area contributed by atoms with Crippen LogP contribution in [0.3, 0.4) is 0 Å². The van der Waals surface area contributed by atoms with Crippen LogP contribution in [0.2, 0.25) is 5.02 Å². The van der Waals surface area contributed by atoms with E-state index in [0.29, 0.717) is 5.56 Å². The Morgan fingerprint density at radius 1 is 1.12 bits per heavy atom. The minimum atomic E-state index is 0.677. The molecule has 0 fully saturated rings. The van der Waals surface area contributed by atoms with Crippen molar-refractivity contribution in [1.82, 2.24) is 24.2 Å². The number of halogens is 1. The summed E-state index contributed by atoms with van der Waals surface area (Å²) in [6.45, 7) is 3.37. The van der Waals surface area contributed by atoms with Gasteiger partial charge in [-0.1, -0.05) is 35.9 Å². The fourth-order valence-corrected chi connectivity index (χ4v) is 4.57. The van der Waals surface area contributed by atoms with Crippen molar-refractivity contribution in [2.75, 3.05) is 6.54 Å². The van der Waals surface area contributed by atoms with Gasteiger partial charge in [-0.15, -0.1) is 0 Å². The Morgan fingerprint density at radius 2 is 1.97 bits per heavy atom. The minimum absolute atomic E-state index is 0.677. The molecule has 0 radical (unpaired) electrons. The number of benzene rings is 2. The molecule has 5 rings (SSSR count). The second-order valence-corrected chi connectivity index (χ2v) is 8.63. The SMILES string of the molecule is Cn1nc(-c2cccc(Cl)c2)c2c1CCN(Cc1cncn1Cc1ccc(C#N)cc1)C2. The minimum Gasteiger partial charge on any atom is -0.329 e. The van der Waals surface area contributed by atoms with E-state index in [0.717, 1.165) is 54.4 Å². The molecule has 0 N–H and O–H groups in total. The number of hydrogen-bond acceptors (Lipinski definition) is 4. The molecule has 160 valence electrons. The smallest absolute Gasteiger partial charge is 0.0991 e. The molecular formula is C25H23ClN6. The summed E-state index contributed by atoms with van der Waals surface area (Å²) in [4.78, 5) is 6.84. The second-order valence-electron chi connectivity index (χ2n) is 8.19. The molecule has 2 aromatic heterocycles. The summed E-state index contributed by atoms with van der Waals surface area (Å²) in [6.07, 6.45) is 4.79. The fourth-order valence-electron chi connectivity index (χ4n) is 4.38. The standard InChI is InChI=1S/C25H23ClN6/c1-30-24-9-10-31(16-23(24)25(29-30)20-3-2-4-21(26)11-20)15-22-13-28-17-32(22)14-19-7-5-18(12-27)6-8-19/h2-8,11,13,17H,9-10,14-16H2,1H3. The number of imidazole rings is 1. The lowest BCUT2D eigenvalue weighted by atomic mass is 10.0. The molecule has 7 heteroatoms. The predicted octanol–water partition coefficient (Wildman–Crippen LogP) is 4.42. The molecule has 0 aliphatic carbocycles. The van der Waals surface area contributed by atoms with Gasteiger partial charge in [0.25, 0.3) is 0 Å². The number of nitriles is 1. The van der Waals surface area contributed by atoms with Crippen LogP contribution in [-0.2, 0) is 33.1 Å². The highest BCUT2D eigenvalue weighted by Crippen LogP contribution is 2.31. The first kappa shape index (κ1) is 20.5. The molecule has 0 atom stereocenters. The van der Waals surface area contributed by atoms with Gasteiger partial charge in [0.2, 0.25) is 0 Å². The summed E-state index contributed by atoms with van der Waals surface area (Å²) in [6, 6.07) is 17.8. The maximum atomic E-state index is 9.01. The van der Waals surface area contributed by atoms with Crippen LogP contribution >= 0.6 is 11.6 Å². The van der Waals surface area contributed by atoms with Gasteiger partial charge in [-0.25, -0.2) is 4.98 Å². The first-order valence-electron chi connectivity index (χ1n) is 10.6. The third-order valence-electron chi connectivity index (χ3n) is 6.04. The van der Waals surface area contributed by atoms with Gasteiger partial charge < -0.3 is 4.57 Å². The van der Waals surface area contributed by atoms with Gasteiger partial charge in [-0.05, 0) is 29.8 Å². The van der Waals surface area contributed by atoms with E-state index in [4.69, 9.17) is 22.0 Å². The molecule has 6 nitrogen and oxygen atoms in total. The number of hydrogen-bond donors (Lipinski definition) is 0. The van der Waals surface area contributed by atoms with Crippen LogP contribution < -0.4 is 0 Å². The predicted molar refractivity (Wildman–Crippen MR) is 124 cm³/mol. The van der Waals surface area contributed by atoms with E-state index in [1.807, 2.05) is 66.7 Å². The lowest BCUT2D eigenvalue weighted by Crippen LogP contribution is -2.31. The van der Waals surface area contributed by atoms with E-state index in [9.17, 15) is 0 Å². The van der Waals surface area contributed by atoms with Gasteiger partial charge in [0.05, 0.1) is 29.3 Å². The van der Waals surface area contributed by atoms with E-state index in [1.165, 1.54) is 17.0 Å². The Kier molecular flexibility index (Phi) is 5.52. The van der Waals surface area contributed by atoms with E-state index in [1.54, 1.807) is 0 Å². The normalized spacial score (nSPS) is 13.7. The molecular weight excluding hydrogens is 420 g/mol. The molecule has 0 spiro atoms. The highest BCUT2D eigenvalue weighted by atomic mass is 35.5. The zero-order valence-electron chi connectivity index (χ0n) is 17.9. The fraction of sp³-hybridized carbons (Fsp3) is 0.240. The van der Waals surface area contributed by atoms with Crippen LogP contribution in [0.5, 0.6) is 0 Å². The monoisotopic (exact) mass is 442 g/mol. The van der Waals surface area contributed by atoms with Crippen molar-refractivity contribution in [3.63, 3.8) is 0 Å². The van der Waals surface area contributed by atoms with Crippen molar-refractivity contribution >= 4 is 11.6 Å². The van der Waals surface area contributed by atoms with Gasteiger partial charge in [0, 0.05) is 67.7 Å². The quantitative estimate of drug-likeness (QED) is 0.459. The zero-order valence-corrected chi connectivity index (χ0v) is 18.6. The number of nitrogens with zero attached hydrogens (tertiary/aromatic N) is 6. The van der Waals surface area contributed by atoms with Crippen LogP contribution in [0.15, 0.2) is 61.1 Å². The van der Waals surface area contributed by atoms with Gasteiger partial charge in [0.1, 0.15) is 0 Å². The Morgan fingerprint density at radius 3 is 2.75 bits per heavy atom. The van der Waals surface area contributed by atoms with Crippen molar-refractivity contribution in [3.8, 4) is 17.3 Å². The molecule has 0 bridgehead atoms. The van der Waals surface area contributed by atoms with Gasteiger partial charge in [-0.2, -0.15) is 10.4 Å². The van der Waals surface area contributed by atoms with Crippen molar-refractivity contribution in [3.05, 3.63) is 94.2 Å². The topological polar surface area (TPSA) is 62.7 Å². The molecule has 3 heterocycles. The molecule has 32 heavy (non-hydrogen) atoms. The van der Waals surface area contributed by atoms with Gasteiger partial charge >= 0.3 is 0 Å². The molecule has 0 unspecified atom stereocenters. The Labute approximate surface area is 192 Å². The van der Waals surface area contributed by atoms with E-state index >= 15 is 0 Å². The van der Waals surface area contributed by atoms with Crippen LogP contribution in [0, 0.1) is 11.3 Å². The first-order chi connectivity index (χ1) is 15.6. The Balaban J connectivity index is 1.35. The molecule has 1 aliphatic heterocycles. The third kappa shape index (κ3) is 4.05. The van der Waals surface area contributed by atoms with E-state index in [2.05, 4.69) is 26.6 Å². The summed E-state index contributed by atoms with van der Waals surface area (Å²) in [5.41, 5.74) is 7.64. The number of aryl methyl sites for hydroxylation is 1. The van der Waals surface area contributed by atoms with Crippen molar-refractivity contribution in [2.24, 2.45) is 7.05 Å². The van der Waals surface area contributed by atoms with Crippen molar-refractivity contribution < 1.29 is 0 Å². The van der Waals surface area contributed by atoms with Crippen LogP contribution in [0.1, 0.15) is 28.1 Å². The van der Waals surface area contributed by atoms with E-state index in [-0.39, 0.29) is 0 Å². The molecule has 0 saturated heterocycles. The zero-order chi connectivity index (χ0) is 22.1. The average Bonchev–Trinajstić information content (AvgIpc) is 3.38. The highest BCUT2D eigenvalue weighted by molar-refractivity contribution is 6.30. The Hall–Kier alpha value is -3.40. The summed E-state index contributed by atoms with van der Waals surface area (Å²) in [5.74, 6) is 0. The summed E-state index contributed by atoms with van der Waals surface area (Å²) >= 11 is 6.24. The summed E-state index contributed by atoms with van der Waals surface area (Å²) < 4.78 is 4.19. The Bertz CT molecular complexity index is 1290. The third-order valence-corrected chi connectivity index (χ3v) is 6.27. The van der Waals surface area contributed by atoms with Gasteiger partial charge in [-0.3, -0.25) is 9.58 Å². The second kappa shape index (κ2) is 8.62. The van der Waals surface area contributed by atoms with Crippen LogP contribution in [0.4, 0.5) is 0 Å². The van der Waals surface area contributed by atoms with Crippen molar-refractivity contribution in [1.29, 1.82) is 5.26 Å². The average molecular weight is 443 g/mol. The lowest BCUT2D eigenvalue weighted by molar-refractivity contribution is 0.237. The number of aromatic nitrogens is 4. The molecule has 1 aliphatic rings. The first-order valence-corrected chi connectivity index (χ1v) is 11.0. The molecule has 2 aromatic carbocycles.